The third-order valence-corrected chi connectivity index (χ3v) is 27.0. The molecule has 0 spiro atoms. The lowest BCUT2D eigenvalue weighted by molar-refractivity contribution is -0.151. The van der Waals surface area contributed by atoms with Crippen LogP contribution in [-0.2, 0) is 76.4 Å². The SMILES string of the molecule is CCCCCCCC(C)OC(=O)CCCCCCCC(=O)O.CCCCCCCC(CCCCCCC)OC(=O)CCCCCCCC(=O)O.CCCCCCCCC(=O)OCCCCCCCC(=O)O.CCCCCCCCC(CCCCCCCC)OC(=O)CCCCCCCC(=O)O.CCCCCCCCC1CC1CCCCCCCC(=O)O.CCCCCCCCOC(=O)CCCCCCCC(=O)O. The Hall–Kier alpha value is -5.83. The number of carbonyl (C=O) groups excluding carboxylic acids is 5. The zero-order chi connectivity index (χ0) is 107. The van der Waals surface area contributed by atoms with E-state index in [1.165, 1.54) is 283 Å². The van der Waals surface area contributed by atoms with Crippen molar-refractivity contribution in [2.75, 3.05) is 13.2 Å². The monoisotopic (exact) mass is 2040 g/mol. The average molecular weight is 2040 g/mol. The first-order chi connectivity index (χ1) is 69.3. The fraction of sp³-hybridized carbons (Fsp3) is 0.909. The molecule has 846 valence electrons. The van der Waals surface area contributed by atoms with E-state index in [1.54, 1.807) is 0 Å². The van der Waals surface area contributed by atoms with E-state index in [0.29, 0.717) is 51.7 Å². The predicted octanol–water partition coefficient (Wildman–Crippen LogP) is 36.3. The molecule has 3 atom stereocenters. The van der Waals surface area contributed by atoms with Crippen LogP contribution in [-0.4, -0.2) is 128 Å². The second kappa shape index (κ2) is 121. The van der Waals surface area contributed by atoms with Crippen LogP contribution in [0.3, 0.4) is 0 Å². The van der Waals surface area contributed by atoms with Gasteiger partial charge >= 0.3 is 65.7 Å². The largest absolute Gasteiger partial charge is 0.481 e. The standard InChI is InChI=1S/C26H50O4.C24H46O4.C19H36O2.C18H34O4.2C17H32O4/c1-3-5-7-9-12-16-20-24(21-17-13-10-8-6-4-2)30-26(29)23-19-15-11-14-18-22-25(27)28;1-3-5-7-10-14-18-22(19-15-11-8-6-4-2)28-24(27)21-17-13-9-12-16-20-23(25)26;1-2-3-4-5-7-10-13-17-16-18(17)14-11-8-6-9-12-15-19(20)21;1-3-4-5-7-10-13-16(2)22-18(21)15-12-9-6-8-11-14-17(19)20;1-2-3-4-5-9-12-15-21-17(20)14-11-8-6-7-10-13-16(18)19;1-2-3-4-5-8-11-14-17(20)21-15-12-9-6-7-10-13-16(18)19/h24H,3-23H2,1-2H3,(H,27,28);22H,3-21H2,1-2H3,(H,25,26);17-18H,2-16H2,1H3,(H,20,21);16H,3-15H2,1-2H3,(H,19,20);2*2-15H2,1H3,(H,18,19). The fourth-order valence-corrected chi connectivity index (χ4v) is 17.7. The van der Waals surface area contributed by atoms with Crippen LogP contribution >= 0.6 is 0 Å². The Morgan fingerprint density at radius 3 is 0.559 bits per heavy atom. The van der Waals surface area contributed by atoms with Crippen LogP contribution in [0.4, 0.5) is 0 Å². The molecular weight excluding hydrogens is 1810 g/mol. The second-order valence-corrected chi connectivity index (χ2v) is 41.5. The number of hydrogen-bond donors (Lipinski definition) is 6. The van der Waals surface area contributed by atoms with Gasteiger partial charge in [-0.1, -0.05) is 434 Å². The van der Waals surface area contributed by atoms with Gasteiger partial charge in [0.15, 0.2) is 0 Å². The molecular formula is C121H230O22. The molecule has 0 radical (unpaired) electrons. The van der Waals surface area contributed by atoms with E-state index < -0.39 is 35.8 Å². The number of carboxylic acid groups (broad SMARTS) is 6. The van der Waals surface area contributed by atoms with Crippen molar-refractivity contribution < 1.29 is 107 Å². The van der Waals surface area contributed by atoms with Crippen molar-refractivity contribution in [3.63, 3.8) is 0 Å². The summed E-state index contributed by atoms with van der Waals surface area (Å²) < 4.78 is 27.4. The van der Waals surface area contributed by atoms with Gasteiger partial charge in [0, 0.05) is 70.6 Å². The van der Waals surface area contributed by atoms with E-state index in [0.717, 1.165) is 262 Å². The van der Waals surface area contributed by atoms with Crippen molar-refractivity contribution in [1.82, 2.24) is 0 Å². The second-order valence-electron chi connectivity index (χ2n) is 41.5. The van der Waals surface area contributed by atoms with E-state index in [4.69, 9.17) is 54.3 Å². The summed E-state index contributed by atoms with van der Waals surface area (Å²) >= 11 is 0. The number of unbranched alkanes of at least 4 members (excludes halogenated alkanes) is 61. The molecule has 1 fully saturated rings. The van der Waals surface area contributed by atoms with Crippen LogP contribution in [0.15, 0.2) is 0 Å². The molecule has 3 unspecified atom stereocenters. The normalized spacial score (nSPS) is 12.5. The molecule has 22 nitrogen and oxygen atoms in total. The van der Waals surface area contributed by atoms with E-state index in [9.17, 15) is 52.7 Å². The molecule has 0 aromatic heterocycles. The minimum atomic E-state index is -0.729. The molecule has 1 aliphatic carbocycles. The van der Waals surface area contributed by atoms with Gasteiger partial charge in [0.25, 0.3) is 0 Å². The number of hydrogen-bond acceptors (Lipinski definition) is 16. The van der Waals surface area contributed by atoms with Crippen molar-refractivity contribution >= 4 is 65.7 Å². The average Bonchev–Trinajstić information content (AvgIpc) is 1.70. The van der Waals surface area contributed by atoms with Crippen LogP contribution in [0.5, 0.6) is 0 Å². The first-order valence-electron chi connectivity index (χ1n) is 60.5. The van der Waals surface area contributed by atoms with Gasteiger partial charge in [0.1, 0.15) is 12.2 Å². The van der Waals surface area contributed by atoms with E-state index in [2.05, 4.69) is 55.4 Å². The number of ether oxygens (including phenoxy) is 5. The van der Waals surface area contributed by atoms with Gasteiger partial charge < -0.3 is 54.3 Å². The lowest BCUT2D eigenvalue weighted by atomic mass is 10.0. The summed E-state index contributed by atoms with van der Waals surface area (Å²) in [5.74, 6) is -2.51. The highest BCUT2D eigenvalue weighted by Crippen LogP contribution is 2.46. The van der Waals surface area contributed by atoms with Gasteiger partial charge in [-0.25, -0.2) is 0 Å². The predicted molar refractivity (Wildman–Crippen MR) is 589 cm³/mol. The van der Waals surface area contributed by atoms with Crippen LogP contribution in [0.2, 0.25) is 0 Å². The maximum absolute atomic E-state index is 12.3. The van der Waals surface area contributed by atoms with E-state index >= 15 is 0 Å². The first-order valence-corrected chi connectivity index (χ1v) is 60.5. The summed E-state index contributed by atoms with van der Waals surface area (Å²) in [6.07, 6.45) is 99.0. The Morgan fingerprint density at radius 2 is 0.350 bits per heavy atom. The molecule has 0 heterocycles. The number of carboxylic acids is 6. The van der Waals surface area contributed by atoms with Crippen LogP contribution in [0, 0.1) is 11.8 Å². The Kier molecular flexibility index (Phi) is 124. The summed E-state index contributed by atoms with van der Waals surface area (Å²) in [5, 5.41) is 51.3. The summed E-state index contributed by atoms with van der Waals surface area (Å²) in [7, 11) is 0. The Labute approximate surface area is 877 Å². The highest BCUT2D eigenvalue weighted by Gasteiger charge is 2.35. The molecule has 0 aliphatic heterocycles. The molecule has 1 saturated carbocycles. The maximum Gasteiger partial charge on any atom is 0.306 e. The van der Waals surface area contributed by atoms with Crippen LogP contribution in [0.1, 0.15) is 666 Å². The minimum absolute atomic E-state index is 0.0321. The molecule has 0 aromatic carbocycles. The molecule has 143 heavy (non-hydrogen) atoms. The Morgan fingerprint density at radius 1 is 0.189 bits per heavy atom. The maximum atomic E-state index is 12.3. The highest BCUT2D eigenvalue weighted by molar-refractivity contribution is 5.71. The van der Waals surface area contributed by atoms with Crippen molar-refractivity contribution in [1.29, 1.82) is 0 Å². The van der Waals surface area contributed by atoms with Gasteiger partial charge in [-0.2, -0.15) is 0 Å². The summed E-state index contributed by atoms with van der Waals surface area (Å²) in [5.41, 5.74) is 0. The molecule has 0 saturated heterocycles. The number of esters is 5. The van der Waals surface area contributed by atoms with Gasteiger partial charge in [-0.15, -0.1) is 0 Å². The summed E-state index contributed by atoms with van der Waals surface area (Å²) in [4.78, 5) is 121. The lowest BCUT2D eigenvalue weighted by Crippen LogP contribution is -2.18. The number of carbonyl (C=O) groups is 11. The number of rotatable bonds is 104. The van der Waals surface area contributed by atoms with Gasteiger partial charge in [0.05, 0.1) is 19.3 Å². The van der Waals surface area contributed by atoms with Crippen molar-refractivity contribution in [3.8, 4) is 0 Å². The summed E-state index contributed by atoms with van der Waals surface area (Å²) in [6, 6.07) is 0. The van der Waals surface area contributed by atoms with Gasteiger partial charge in [-0.05, 0) is 173 Å². The minimum Gasteiger partial charge on any atom is -0.481 e. The molecule has 0 bridgehead atoms. The van der Waals surface area contributed by atoms with Crippen molar-refractivity contribution in [3.05, 3.63) is 0 Å². The third kappa shape index (κ3) is 134. The van der Waals surface area contributed by atoms with E-state index in [1.807, 2.05) is 6.92 Å². The zero-order valence-corrected chi connectivity index (χ0v) is 94.5. The van der Waals surface area contributed by atoms with Crippen molar-refractivity contribution in [2.45, 2.75) is 684 Å². The quantitative estimate of drug-likeness (QED) is 0.0187. The fourth-order valence-electron chi connectivity index (χ4n) is 17.7. The Balaban J connectivity index is -0.000000536. The molecule has 6 N–H and O–H groups in total. The Bertz CT molecular complexity index is 2750. The molecule has 1 aliphatic rings. The first kappa shape index (κ1) is 146. The zero-order valence-electron chi connectivity index (χ0n) is 94.5. The lowest BCUT2D eigenvalue weighted by Gasteiger charge is -2.18. The molecule has 1 rings (SSSR count). The highest BCUT2D eigenvalue weighted by atomic mass is 16.6. The van der Waals surface area contributed by atoms with Crippen molar-refractivity contribution in [2.24, 2.45) is 11.8 Å². The van der Waals surface area contributed by atoms with Gasteiger partial charge in [0.2, 0.25) is 0 Å². The van der Waals surface area contributed by atoms with Crippen LogP contribution < -0.4 is 0 Å². The smallest absolute Gasteiger partial charge is 0.306 e. The molecule has 22 heteroatoms. The van der Waals surface area contributed by atoms with Gasteiger partial charge in [-0.3, -0.25) is 52.7 Å². The topological polar surface area (TPSA) is 355 Å². The van der Waals surface area contributed by atoms with E-state index in [-0.39, 0.29) is 80.3 Å². The summed E-state index contributed by atoms with van der Waals surface area (Å²) in [6.45, 7) is 20.9. The third-order valence-electron chi connectivity index (χ3n) is 27.0. The van der Waals surface area contributed by atoms with Crippen LogP contribution in [0.25, 0.3) is 0 Å². The molecule has 0 amide bonds. The molecule has 0 aromatic rings. The number of aliphatic carboxylic acids is 6.